The van der Waals surface area contributed by atoms with Crippen molar-refractivity contribution in [3.05, 3.63) is 29.8 Å². The van der Waals surface area contributed by atoms with Crippen molar-refractivity contribution in [1.82, 2.24) is 4.90 Å². The summed E-state index contributed by atoms with van der Waals surface area (Å²) in [5, 5.41) is 2.44. The van der Waals surface area contributed by atoms with E-state index in [4.69, 9.17) is 5.73 Å². The van der Waals surface area contributed by atoms with Gasteiger partial charge in [0.2, 0.25) is 0 Å². The molecule has 1 heterocycles. The molecule has 1 aromatic carbocycles. The van der Waals surface area contributed by atoms with Crippen molar-refractivity contribution in [2.75, 3.05) is 31.5 Å². The van der Waals surface area contributed by atoms with Gasteiger partial charge in [-0.3, -0.25) is 9.89 Å². The molecule has 0 spiro atoms. The molecule has 1 atom stereocenters. The lowest BCUT2D eigenvalue weighted by Crippen LogP contribution is -2.32. The molecule has 0 amide bonds. The number of benzene rings is 1. The molecule has 2 rings (SSSR count). The molecule has 1 aromatic rings. The highest BCUT2D eigenvalue weighted by Crippen LogP contribution is 2.23. The van der Waals surface area contributed by atoms with E-state index >= 15 is 0 Å². The average Bonchev–Trinajstić information content (AvgIpc) is 2.86. The second-order valence-electron chi connectivity index (χ2n) is 5.48. The van der Waals surface area contributed by atoms with Crippen LogP contribution in [0.15, 0.2) is 23.2 Å². The molecule has 0 aliphatic carbocycles. The zero-order valence-electron chi connectivity index (χ0n) is 12.2. The van der Waals surface area contributed by atoms with E-state index in [-0.39, 0.29) is 30.7 Å². The fraction of sp³-hybridized carbons (Fsp3) is 0.500. The van der Waals surface area contributed by atoms with Gasteiger partial charge < -0.3 is 11.1 Å². The summed E-state index contributed by atoms with van der Waals surface area (Å²) in [5.74, 6) is -1.46. The van der Waals surface area contributed by atoms with Gasteiger partial charge in [0.1, 0.15) is 11.6 Å². The largest absolute Gasteiger partial charge is 0.401 e. The van der Waals surface area contributed by atoms with Gasteiger partial charge in [-0.25, -0.2) is 8.78 Å². The Morgan fingerprint density at radius 2 is 2.09 bits per heavy atom. The van der Waals surface area contributed by atoms with E-state index in [1.807, 2.05) is 0 Å². The van der Waals surface area contributed by atoms with E-state index in [0.717, 1.165) is 18.2 Å². The summed E-state index contributed by atoms with van der Waals surface area (Å²) < 4.78 is 63.3. The minimum Gasteiger partial charge on any atom is -0.370 e. The third-order valence-corrected chi connectivity index (χ3v) is 3.48. The fourth-order valence-corrected chi connectivity index (χ4v) is 2.46. The molecule has 0 saturated carbocycles. The van der Waals surface area contributed by atoms with Crippen LogP contribution in [-0.4, -0.2) is 43.2 Å². The zero-order chi connectivity index (χ0) is 17.0. The van der Waals surface area contributed by atoms with Crippen molar-refractivity contribution >= 4 is 11.6 Å². The van der Waals surface area contributed by atoms with Crippen molar-refractivity contribution in [1.29, 1.82) is 0 Å². The molecule has 4 nitrogen and oxygen atoms in total. The summed E-state index contributed by atoms with van der Waals surface area (Å²) in [7, 11) is 0. The van der Waals surface area contributed by atoms with Gasteiger partial charge >= 0.3 is 6.18 Å². The van der Waals surface area contributed by atoms with Gasteiger partial charge in [-0.05, 0) is 31.0 Å². The van der Waals surface area contributed by atoms with Gasteiger partial charge in [-0.15, -0.1) is 0 Å². The first kappa shape index (κ1) is 17.5. The summed E-state index contributed by atoms with van der Waals surface area (Å²) in [6.45, 7) is -0.0737. The van der Waals surface area contributed by atoms with E-state index in [1.165, 1.54) is 4.90 Å². The van der Waals surface area contributed by atoms with Gasteiger partial charge in [0.25, 0.3) is 0 Å². The normalized spacial score (nSPS) is 20.0. The minimum absolute atomic E-state index is 0.0462. The van der Waals surface area contributed by atoms with Gasteiger partial charge in [0.05, 0.1) is 12.2 Å². The number of rotatable bonds is 4. The number of halogens is 5. The molecular formula is C14H17F5N4. The Hall–Kier alpha value is -1.90. The van der Waals surface area contributed by atoms with Crippen LogP contribution in [0, 0.1) is 17.6 Å². The van der Waals surface area contributed by atoms with Crippen LogP contribution in [0.4, 0.5) is 27.6 Å². The Kier molecular flexibility index (Phi) is 5.40. The zero-order valence-corrected chi connectivity index (χ0v) is 12.2. The summed E-state index contributed by atoms with van der Waals surface area (Å²) >= 11 is 0. The maximum absolute atomic E-state index is 13.4. The molecular weight excluding hydrogens is 319 g/mol. The molecule has 0 bridgehead atoms. The van der Waals surface area contributed by atoms with Gasteiger partial charge in [0.15, 0.2) is 5.96 Å². The first-order chi connectivity index (χ1) is 10.7. The summed E-state index contributed by atoms with van der Waals surface area (Å²) in [6.07, 6.45) is -3.63. The van der Waals surface area contributed by atoms with E-state index < -0.39 is 24.4 Å². The van der Waals surface area contributed by atoms with Gasteiger partial charge in [0, 0.05) is 19.2 Å². The van der Waals surface area contributed by atoms with Crippen LogP contribution < -0.4 is 11.1 Å². The van der Waals surface area contributed by atoms with Gasteiger partial charge in [-0.1, -0.05) is 0 Å². The molecule has 0 radical (unpaired) electrons. The molecule has 1 unspecified atom stereocenters. The number of aliphatic imine (C=N–C) groups is 1. The van der Waals surface area contributed by atoms with Gasteiger partial charge in [-0.2, -0.15) is 13.2 Å². The third-order valence-electron chi connectivity index (χ3n) is 3.48. The highest BCUT2D eigenvalue weighted by atomic mass is 19.4. The Morgan fingerprint density at radius 3 is 2.78 bits per heavy atom. The Morgan fingerprint density at radius 1 is 1.35 bits per heavy atom. The highest BCUT2D eigenvalue weighted by Gasteiger charge is 2.34. The van der Waals surface area contributed by atoms with Crippen molar-refractivity contribution in [3.63, 3.8) is 0 Å². The minimum atomic E-state index is -4.21. The number of hydrogen-bond donors (Lipinski definition) is 2. The summed E-state index contributed by atoms with van der Waals surface area (Å²) in [5.41, 5.74) is 5.45. The molecule has 1 saturated heterocycles. The standard InChI is InChI=1S/C14H17F5N4/c15-10-1-2-11(16)12(5-10)22-13(20)21-6-9-3-4-23(7-9)8-14(17,18)19/h1-2,5,9H,3-4,6-8H2,(H3,20,21,22). The fourth-order valence-electron chi connectivity index (χ4n) is 2.46. The SMILES string of the molecule is NC(=NCC1CCN(CC(F)(F)F)C1)Nc1cc(F)ccc1F. The van der Waals surface area contributed by atoms with Crippen molar-refractivity contribution in [2.45, 2.75) is 12.6 Å². The summed E-state index contributed by atoms with van der Waals surface area (Å²) in [4.78, 5) is 5.30. The predicted octanol–water partition coefficient (Wildman–Crippen LogP) is 2.58. The predicted molar refractivity (Wildman–Crippen MR) is 77.1 cm³/mol. The second-order valence-corrected chi connectivity index (χ2v) is 5.48. The van der Waals surface area contributed by atoms with Crippen LogP contribution in [-0.2, 0) is 0 Å². The van der Waals surface area contributed by atoms with Crippen LogP contribution in [0.25, 0.3) is 0 Å². The number of hydrogen-bond acceptors (Lipinski definition) is 2. The molecule has 23 heavy (non-hydrogen) atoms. The number of anilines is 1. The van der Waals surface area contributed by atoms with Crippen molar-refractivity contribution < 1.29 is 22.0 Å². The lowest BCUT2D eigenvalue weighted by Gasteiger charge is -2.17. The number of nitrogens with zero attached hydrogens (tertiary/aromatic N) is 2. The third kappa shape index (κ3) is 5.66. The first-order valence-corrected chi connectivity index (χ1v) is 7.04. The number of alkyl halides is 3. The highest BCUT2D eigenvalue weighted by molar-refractivity contribution is 5.92. The number of nitrogens with one attached hydrogen (secondary N) is 1. The molecule has 1 fully saturated rings. The van der Waals surface area contributed by atoms with Crippen LogP contribution >= 0.6 is 0 Å². The maximum atomic E-state index is 13.4. The lowest BCUT2D eigenvalue weighted by atomic mass is 10.1. The molecule has 1 aliphatic heterocycles. The van der Waals surface area contributed by atoms with E-state index in [1.54, 1.807) is 0 Å². The molecule has 9 heteroatoms. The number of guanidine groups is 1. The molecule has 0 aromatic heterocycles. The second kappa shape index (κ2) is 7.12. The monoisotopic (exact) mass is 336 g/mol. The average molecular weight is 336 g/mol. The van der Waals surface area contributed by atoms with E-state index in [0.29, 0.717) is 13.0 Å². The van der Waals surface area contributed by atoms with E-state index in [2.05, 4.69) is 10.3 Å². The first-order valence-electron chi connectivity index (χ1n) is 7.04. The van der Waals surface area contributed by atoms with Crippen LogP contribution in [0.1, 0.15) is 6.42 Å². The quantitative estimate of drug-likeness (QED) is 0.505. The summed E-state index contributed by atoms with van der Waals surface area (Å²) in [6, 6.07) is 2.87. The maximum Gasteiger partial charge on any atom is 0.401 e. The van der Waals surface area contributed by atoms with E-state index in [9.17, 15) is 22.0 Å². The van der Waals surface area contributed by atoms with Crippen LogP contribution in [0.3, 0.4) is 0 Å². The number of likely N-dealkylation sites (tertiary alicyclic amines) is 1. The van der Waals surface area contributed by atoms with Crippen molar-refractivity contribution in [2.24, 2.45) is 16.6 Å². The van der Waals surface area contributed by atoms with Crippen molar-refractivity contribution in [3.8, 4) is 0 Å². The van der Waals surface area contributed by atoms with Crippen LogP contribution in [0.2, 0.25) is 0 Å². The van der Waals surface area contributed by atoms with Crippen LogP contribution in [0.5, 0.6) is 0 Å². The Bertz CT molecular complexity index is 573. The molecule has 1 aliphatic rings. The molecule has 3 N–H and O–H groups in total. The molecule has 128 valence electrons. The number of nitrogens with two attached hydrogens (primary N) is 1. The lowest BCUT2D eigenvalue weighted by molar-refractivity contribution is -0.143. The Balaban J connectivity index is 1.85. The Labute approximate surface area is 130 Å². The smallest absolute Gasteiger partial charge is 0.370 e. The topological polar surface area (TPSA) is 53.6 Å².